The molecule has 10 heteroatoms. The second-order valence-electron chi connectivity index (χ2n) is 6.60. The molecule has 1 fully saturated rings. The van der Waals surface area contributed by atoms with E-state index < -0.39 is 9.85 Å². The topological polar surface area (TPSA) is 127 Å². The Labute approximate surface area is 165 Å². The number of nitro groups is 2. The summed E-state index contributed by atoms with van der Waals surface area (Å²) in [6, 6.07) is 11.7. The van der Waals surface area contributed by atoms with E-state index in [-0.39, 0.29) is 36.4 Å². The van der Waals surface area contributed by atoms with Crippen molar-refractivity contribution >= 4 is 23.3 Å². The van der Waals surface area contributed by atoms with Crippen LogP contribution in [0, 0.1) is 20.2 Å². The summed E-state index contributed by atoms with van der Waals surface area (Å²) in [5.74, 6) is -0.291. The van der Waals surface area contributed by atoms with Crippen molar-refractivity contribution in [3.8, 4) is 0 Å². The molecule has 1 heterocycles. The first-order valence-corrected chi connectivity index (χ1v) is 8.91. The van der Waals surface area contributed by atoms with Gasteiger partial charge in [0, 0.05) is 37.4 Å². The highest BCUT2D eigenvalue weighted by Gasteiger charge is 2.35. The van der Waals surface area contributed by atoms with Gasteiger partial charge >= 0.3 is 6.03 Å². The second-order valence-corrected chi connectivity index (χ2v) is 6.60. The van der Waals surface area contributed by atoms with E-state index in [0.29, 0.717) is 19.4 Å². The van der Waals surface area contributed by atoms with Crippen LogP contribution in [0.15, 0.2) is 48.5 Å². The van der Waals surface area contributed by atoms with Gasteiger partial charge in [-0.1, -0.05) is 24.3 Å². The van der Waals surface area contributed by atoms with Crippen LogP contribution >= 0.6 is 0 Å². The van der Waals surface area contributed by atoms with Crippen molar-refractivity contribution in [2.24, 2.45) is 0 Å². The molecule has 3 rings (SSSR count). The number of carbonyl (C=O) groups is 2. The standard InChI is InChI=1S/C19H18N4O6/c24-18-13-20(11-9-14-1-5-16(6-2-14)22(26)27)19(25)21(18)12-10-15-3-7-17(8-4-15)23(28)29/h1-8H,9-13H2. The normalized spacial score (nSPS) is 13.8. The predicted molar refractivity (Wildman–Crippen MR) is 102 cm³/mol. The number of urea groups is 1. The number of non-ortho nitro benzene ring substituents is 2. The van der Waals surface area contributed by atoms with E-state index in [1.807, 2.05) is 0 Å². The van der Waals surface area contributed by atoms with E-state index in [4.69, 9.17) is 0 Å². The van der Waals surface area contributed by atoms with Crippen molar-refractivity contribution in [3.63, 3.8) is 0 Å². The Kier molecular flexibility index (Phi) is 5.82. The molecule has 150 valence electrons. The van der Waals surface area contributed by atoms with Crippen LogP contribution in [0.5, 0.6) is 0 Å². The summed E-state index contributed by atoms with van der Waals surface area (Å²) in [5.41, 5.74) is 1.61. The maximum absolute atomic E-state index is 12.5. The Morgan fingerprint density at radius 2 is 1.21 bits per heavy atom. The van der Waals surface area contributed by atoms with Gasteiger partial charge in [0.25, 0.3) is 11.4 Å². The SMILES string of the molecule is O=C1CN(CCc2ccc([N+](=O)[O-])cc2)C(=O)N1CCc1ccc([N+](=O)[O-])cc1. The van der Waals surface area contributed by atoms with Gasteiger partial charge in [0.2, 0.25) is 5.91 Å². The van der Waals surface area contributed by atoms with Crippen LogP contribution in [0.3, 0.4) is 0 Å². The number of benzene rings is 2. The molecule has 0 spiro atoms. The van der Waals surface area contributed by atoms with Gasteiger partial charge in [0.05, 0.1) is 9.85 Å². The number of carbonyl (C=O) groups excluding carboxylic acids is 2. The quantitative estimate of drug-likeness (QED) is 0.382. The average molecular weight is 398 g/mol. The molecule has 0 radical (unpaired) electrons. The van der Waals surface area contributed by atoms with E-state index in [2.05, 4.69) is 0 Å². The van der Waals surface area contributed by atoms with Crippen molar-refractivity contribution in [2.75, 3.05) is 19.6 Å². The third-order valence-electron chi connectivity index (χ3n) is 4.72. The molecule has 3 amide bonds. The van der Waals surface area contributed by atoms with Gasteiger partial charge in [0.1, 0.15) is 6.54 Å². The number of hydrogen-bond donors (Lipinski definition) is 0. The van der Waals surface area contributed by atoms with Crippen LogP contribution < -0.4 is 0 Å². The van der Waals surface area contributed by atoms with Gasteiger partial charge in [-0.25, -0.2) is 4.79 Å². The molecular weight excluding hydrogens is 380 g/mol. The Bertz CT molecular complexity index is 942. The minimum absolute atomic E-state index is 0.00130. The Hall–Kier alpha value is -3.82. The maximum atomic E-state index is 12.5. The van der Waals surface area contributed by atoms with Gasteiger partial charge in [0.15, 0.2) is 0 Å². The molecule has 0 unspecified atom stereocenters. The number of nitro benzene ring substituents is 2. The molecule has 0 aliphatic carbocycles. The van der Waals surface area contributed by atoms with Gasteiger partial charge in [-0.3, -0.25) is 29.9 Å². The highest BCUT2D eigenvalue weighted by Crippen LogP contribution is 2.17. The minimum Gasteiger partial charge on any atom is -0.315 e. The van der Waals surface area contributed by atoms with Gasteiger partial charge in [-0.15, -0.1) is 0 Å². The van der Waals surface area contributed by atoms with E-state index in [9.17, 15) is 29.8 Å². The molecule has 2 aromatic rings. The minimum atomic E-state index is -0.486. The zero-order valence-corrected chi connectivity index (χ0v) is 15.4. The van der Waals surface area contributed by atoms with Crippen molar-refractivity contribution in [1.29, 1.82) is 0 Å². The third-order valence-corrected chi connectivity index (χ3v) is 4.72. The van der Waals surface area contributed by atoms with Crippen molar-refractivity contribution in [2.45, 2.75) is 12.8 Å². The second kappa shape index (κ2) is 8.46. The van der Waals surface area contributed by atoms with E-state index >= 15 is 0 Å². The van der Waals surface area contributed by atoms with Crippen LogP contribution in [0.2, 0.25) is 0 Å². The summed E-state index contributed by atoms with van der Waals surface area (Å²) in [6.45, 7) is 0.520. The first-order valence-electron chi connectivity index (χ1n) is 8.91. The van der Waals surface area contributed by atoms with E-state index in [0.717, 1.165) is 11.1 Å². The predicted octanol–water partition coefficient (Wildman–Crippen LogP) is 2.55. The van der Waals surface area contributed by atoms with Gasteiger partial charge in [-0.05, 0) is 24.0 Å². The number of nitrogens with zero attached hydrogens (tertiary/aromatic N) is 4. The zero-order valence-electron chi connectivity index (χ0n) is 15.4. The van der Waals surface area contributed by atoms with Crippen molar-refractivity contribution in [1.82, 2.24) is 9.80 Å². The molecule has 0 aromatic heterocycles. The van der Waals surface area contributed by atoms with Crippen LogP contribution in [0.25, 0.3) is 0 Å². The monoisotopic (exact) mass is 398 g/mol. The largest absolute Gasteiger partial charge is 0.327 e. The van der Waals surface area contributed by atoms with Crippen LogP contribution in [-0.2, 0) is 17.6 Å². The molecule has 0 N–H and O–H groups in total. The fourth-order valence-electron chi connectivity index (χ4n) is 3.06. The summed E-state index contributed by atoms with van der Waals surface area (Å²) in [6.07, 6.45) is 0.888. The fraction of sp³-hybridized carbons (Fsp3) is 0.263. The summed E-state index contributed by atoms with van der Waals surface area (Å²) < 4.78 is 0. The van der Waals surface area contributed by atoms with Crippen LogP contribution in [0.4, 0.5) is 16.2 Å². The summed E-state index contributed by atoms with van der Waals surface area (Å²) >= 11 is 0. The molecule has 0 saturated carbocycles. The first kappa shape index (κ1) is 19.9. The van der Waals surface area contributed by atoms with Gasteiger partial charge < -0.3 is 4.90 Å². The molecule has 1 aliphatic heterocycles. The van der Waals surface area contributed by atoms with Crippen LogP contribution in [0.1, 0.15) is 11.1 Å². The lowest BCUT2D eigenvalue weighted by atomic mass is 10.1. The number of imide groups is 1. The third kappa shape index (κ3) is 4.72. The number of amides is 3. The molecular formula is C19H18N4O6. The van der Waals surface area contributed by atoms with E-state index in [1.165, 1.54) is 34.1 Å². The average Bonchev–Trinajstić information content (AvgIpc) is 2.98. The van der Waals surface area contributed by atoms with Crippen LogP contribution in [-0.4, -0.2) is 51.2 Å². The van der Waals surface area contributed by atoms with E-state index in [1.54, 1.807) is 24.3 Å². The number of rotatable bonds is 8. The zero-order chi connectivity index (χ0) is 21.0. The molecule has 0 atom stereocenters. The highest BCUT2D eigenvalue weighted by atomic mass is 16.6. The lowest BCUT2D eigenvalue weighted by Crippen LogP contribution is -2.35. The molecule has 10 nitrogen and oxygen atoms in total. The maximum Gasteiger partial charge on any atom is 0.327 e. The van der Waals surface area contributed by atoms with Crippen molar-refractivity contribution in [3.05, 3.63) is 79.9 Å². The smallest absolute Gasteiger partial charge is 0.315 e. The molecule has 1 saturated heterocycles. The fourth-order valence-corrected chi connectivity index (χ4v) is 3.06. The lowest BCUT2D eigenvalue weighted by Gasteiger charge is -2.17. The molecule has 29 heavy (non-hydrogen) atoms. The van der Waals surface area contributed by atoms with Crippen molar-refractivity contribution < 1.29 is 19.4 Å². The van der Waals surface area contributed by atoms with Gasteiger partial charge in [-0.2, -0.15) is 0 Å². The molecule has 1 aliphatic rings. The first-order chi connectivity index (χ1) is 13.8. The lowest BCUT2D eigenvalue weighted by molar-refractivity contribution is -0.385. The Morgan fingerprint density at radius 1 is 0.759 bits per heavy atom. The summed E-state index contributed by atoms with van der Waals surface area (Å²) in [7, 11) is 0. The summed E-state index contributed by atoms with van der Waals surface area (Å²) in [5, 5.41) is 21.4. The Morgan fingerprint density at radius 3 is 1.66 bits per heavy atom. The molecule has 0 bridgehead atoms. The number of hydrogen-bond acceptors (Lipinski definition) is 6. The summed E-state index contributed by atoms with van der Waals surface area (Å²) in [4.78, 5) is 47.7. The highest BCUT2D eigenvalue weighted by molar-refractivity contribution is 6.02. The molecule has 2 aromatic carbocycles. The Balaban J connectivity index is 1.53.